The van der Waals surface area contributed by atoms with Crippen LogP contribution in [0.1, 0.15) is 15.9 Å². The van der Waals surface area contributed by atoms with E-state index in [1.165, 1.54) is 0 Å². The Balaban J connectivity index is 2.09. The van der Waals surface area contributed by atoms with Gasteiger partial charge >= 0.3 is 0 Å². The first-order valence-electron chi connectivity index (χ1n) is 6.31. The van der Waals surface area contributed by atoms with Crippen molar-refractivity contribution in [2.24, 2.45) is 0 Å². The summed E-state index contributed by atoms with van der Waals surface area (Å²) in [5, 5.41) is 21.0. The van der Waals surface area contributed by atoms with Crippen LogP contribution in [-0.4, -0.2) is 17.6 Å². The fourth-order valence-electron chi connectivity index (χ4n) is 1.79. The molecule has 5 heteroatoms. The summed E-state index contributed by atoms with van der Waals surface area (Å²) >= 11 is 0. The molecule has 2 N–H and O–H groups in total. The molecule has 21 heavy (non-hydrogen) atoms. The molecule has 0 heterocycles. The van der Waals surface area contributed by atoms with E-state index >= 15 is 0 Å². The van der Waals surface area contributed by atoms with Crippen molar-refractivity contribution in [2.75, 3.05) is 11.9 Å². The second kappa shape index (κ2) is 6.44. The summed E-state index contributed by atoms with van der Waals surface area (Å²) in [6.45, 7) is 1.70. The Labute approximate surface area is 122 Å². The lowest BCUT2D eigenvalue weighted by Gasteiger charge is -2.09. The molecule has 0 spiro atoms. The van der Waals surface area contributed by atoms with Gasteiger partial charge in [-0.3, -0.25) is 4.79 Å². The van der Waals surface area contributed by atoms with Crippen LogP contribution in [0.5, 0.6) is 11.5 Å². The zero-order valence-electron chi connectivity index (χ0n) is 11.5. The van der Waals surface area contributed by atoms with E-state index in [1.54, 1.807) is 49.4 Å². The molecule has 2 aromatic carbocycles. The van der Waals surface area contributed by atoms with Crippen molar-refractivity contribution in [3.8, 4) is 17.6 Å². The molecule has 0 aliphatic rings. The van der Waals surface area contributed by atoms with Crippen LogP contribution in [0.4, 0.5) is 5.69 Å². The molecule has 0 aromatic heterocycles. The van der Waals surface area contributed by atoms with Crippen molar-refractivity contribution in [1.29, 1.82) is 5.26 Å². The fraction of sp³-hybridized carbons (Fsp3) is 0.125. The number of nitriles is 1. The average Bonchev–Trinajstić information content (AvgIpc) is 2.49. The van der Waals surface area contributed by atoms with Crippen molar-refractivity contribution in [2.45, 2.75) is 6.92 Å². The van der Waals surface area contributed by atoms with Crippen LogP contribution < -0.4 is 10.1 Å². The normalized spacial score (nSPS) is 9.71. The van der Waals surface area contributed by atoms with Crippen molar-refractivity contribution < 1.29 is 14.6 Å². The SMILES string of the molecule is Cc1cccc(C(=O)Nc2ccc(OCC#N)cc2)c1O. The van der Waals surface area contributed by atoms with Gasteiger partial charge < -0.3 is 15.2 Å². The van der Waals surface area contributed by atoms with Crippen LogP contribution in [0.15, 0.2) is 42.5 Å². The standard InChI is InChI=1S/C16H14N2O3/c1-11-3-2-4-14(15(11)19)16(20)18-12-5-7-13(8-6-12)21-10-9-17/h2-8,19H,10H2,1H3,(H,18,20). The molecule has 0 aliphatic heterocycles. The predicted molar refractivity (Wildman–Crippen MR) is 78.3 cm³/mol. The van der Waals surface area contributed by atoms with Crippen LogP contribution in [-0.2, 0) is 0 Å². The number of amides is 1. The second-order valence-electron chi connectivity index (χ2n) is 4.40. The smallest absolute Gasteiger partial charge is 0.259 e. The zero-order chi connectivity index (χ0) is 15.2. The molecule has 0 unspecified atom stereocenters. The second-order valence-corrected chi connectivity index (χ2v) is 4.40. The Morgan fingerprint density at radius 3 is 2.67 bits per heavy atom. The monoisotopic (exact) mass is 282 g/mol. The molecule has 0 fully saturated rings. The fourth-order valence-corrected chi connectivity index (χ4v) is 1.79. The van der Waals surface area contributed by atoms with Crippen molar-refractivity contribution in [1.82, 2.24) is 0 Å². The molecule has 0 saturated carbocycles. The summed E-state index contributed by atoms with van der Waals surface area (Å²) in [6.07, 6.45) is 0. The van der Waals surface area contributed by atoms with E-state index in [9.17, 15) is 9.90 Å². The number of para-hydroxylation sites is 1. The maximum absolute atomic E-state index is 12.1. The Hall–Kier alpha value is -3.00. The summed E-state index contributed by atoms with van der Waals surface area (Å²) in [7, 11) is 0. The maximum Gasteiger partial charge on any atom is 0.259 e. The number of hydrogen-bond acceptors (Lipinski definition) is 4. The summed E-state index contributed by atoms with van der Waals surface area (Å²) < 4.78 is 5.12. The first kappa shape index (κ1) is 14.4. The predicted octanol–water partition coefficient (Wildman–Crippen LogP) is 2.86. The highest BCUT2D eigenvalue weighted by Crippen LogP contribution is 2.23. The number of rotatable bonds is 4. The van der Waals surface area contributed by atoms with E-state index < -0.39 is 0 Å². The van der Waals surface area contributed by atoms with E-state index in [0.717, 1.165) is 0 Å². The number of hydrogen-bond donors (Lipinski definition) is 2. The van der Waals surface area contributed by atoms with E-state index in [2.05, 4.69) is 5.32 Å². The molecule has 0 aliphatic carbocycles. The largest absolute Gasteiger partial charge is 0.507 e. The number of nitrogens with one attached hydrogen (secondary N) is 1. The molecule has 0 bridgehead atoms. The molecule has 0 radical (unpaired) electrons. The third-order valence-electron chi connectivity index (χ3n) is 2.90. The van der Waals surface area contributed by atoms with Crippen LogP contribution >= 0.6 is 0 Å². The van der Waals surface area contributed by atoms with Crippen molar-refractivity contribution >= 4 is 11.6 Å². The lowest BCUT2D eigenvalue weighted by atomic mass is 10.1. The molecular formula is C16H14N2O3. The minimum absolute atomic E-state index is 0.0241. The number of carbonyl (C=O) groups excluding carboxylic acids is 1. The maximum atomic E-state index is 12.1. The van der Waals surface area contributed by atoms with Gasteiger partial charge in [-0.25, -0.2) is 0 Å². The quantitative estimate of drug-likeness (QED) is 0.903. The molecular weight excluding hydrogens is 268 g/mol. The molecule has 1 amide bonds. The van der Waals surface area contributed by atoms with Gasteiger partial charge in [0.15, 0.2) is 6.61 Å². The number of aromatic hydroxyl groups is 1. The first-order valence-corrected chi connectivity index (χ1v) is 6.31. The van der Waals surface area contributed by atoms with Crippen LogP contribution in [0.25, 0.3) is 0 Å². The van der Waals surface area contributed by atoms with Gasteiger partial charge in [-0.05, 0) is 42.8 Å². The third-order valence-corrected chi connectivity index (χ3v) is 2.90. The van der Waals surface area contributed by atoms with Crippen LogP contribution in [0.3, 0.4) is 0 Å². The number of carbonyl (C=O) groups is 1. The summed E-state index contributed by atoms with van der Waals surface area (Å²) in [6, 6.07) is 13.5. The summed E-state index contributed by atoms with van der Waals surface area (Å²) in [5.41, 5.74) is 1.44. The Morgan fingerprint density at radius 2 is 2.00 bits per heavy atom. The van der Waals surface area contributed by atoms with Gasteiger partial charge in [-0.2, -0.15) is 5.26 Å². The number of anilines is 1. The minimum Gasteiger partial charge on any atom is -0.507 e. The highest BCUT2D eigenvalue weighted by atomic mass is 16.5. The number of aryl methyl sites for hydroxylation is 1. The van der Waals surface area contributed by atoms with Crippen LogP contribution in [0.2, 0.25) is 0 Å². The topological polar surface area (TPSA) is 82.3 Å². The number of phenols is 1. The minimum atomic E-state index is -0.387. The molecule has 5 nitrogen and oxygen atoms in total. The number of nitrogens with zero attached hydrogens (tertiary/aromatic N) is 1. The Bertz CT molecular complexity index is 688. The van der Waals surface area contributed by atoms with E-state index in [0.29, 0.717) is 17.0 Å². The number of ether oxygens (including phenoxy) is 1. The van der Waals surface area contributed by atoms with Gasteiger partial charge in [0, 0.05) is 5.69 Å². The van der Waals surface area contributed by atoms with Gasteiger partial charge in [0.05, 0.1) is 5.56 Å². The van der Waals surface area contributed by atoms with Gasteiger partial charge in [0.2, 0.25) is 0 Å². The average molecular weight is 282 g/mol. The first-order chi connectivity index (χ1) is 10.1. The Kier molecular flexibility index (Phi) is 4.42. The van der Waals surface area contributed by atoms with Crippen molar-refractivity contribution in [3.05, 3.63) is 53.6 Å². The summed E-state index contributed by atoms with van der Waals surface area (Å²) in [5.74, 6) is 0.138. The molecule has 0 atom stereocenters. The highest BCUT2D eigenvalue weighted by Gasteiger charge is 2.12. The zero-order valence-corrected chi connectivity index (χ0v) is 11.5. The highest BCUT2D eigenvalue weighted by molar-refractivity contribution is 6.06. The number of phenolic OH excluding ortho intramolecular Hbond substituents is 1. The molecule has 106 valence electrons. The Morgan fingerprint density at radius 1 is 1.29 bits per heavy atom. The van der Waals surface area contributed by atoms with Crippen LogP contribution in [0, 0.1) is 18.3 Å². The van der Waals surface area contributed by atoms with Gasteiger partial charge in [-0.15, -0.1) is 0 Å². The molecule has 2 rings (SSSR count). The van der Waals surface area contributed by atoms with Gasteiger partial charge in [0.25, 0.3) is 5.91 Å². The number of benzene rings is 2. The summed E-state index contributed by atoms with van der Waals surface area (Å²) in [4.78, 5) is 12.1. The van der Waals surface area contributed by atoms with Gasteiger partial charge in [-0.1, -0.05) is 12.1 Å². The van der Waals surface area contributed by atoms with Gasteiger partial charge in [0.1, 0.15) is 17.6 Å². The molecule has 2 aromatic rings. The molecule has 0 saturated heterocycles. The van der Waals surface area contributed by atoms with Crippen molar-refractivity contribution in [3.63, 3.8) is 0 Å². The lowest BCUT2D eigenvalue weighted by molar-refractivity contribution is 0.102. The third kappa shape index (κ3) is 3.51. The van der Waals surface area contributed by atoms with E-state index in [4.69, 9.17) is 10.00 Å². The lowest BCUT2D eigenvalue weighted by Crippen LogP contribution is -2.12. The van der Waals surface area contributed by atoms with E-state index in [1.807, 2.05) is 6.07 Å². The van der Waals surface area contributed by atoms with E-state index in [-0.39, 0.29) is 23.8 Å².